The van der Waals surface area contributed by atoms with Crippen LogP contribution in [0.5, 0.6) is 5.75 Å². The van der Waals surface area contributed by atoms with Gasteiger partial charge in [0.1, 0.15) is 5.75 Å². The fourth-order valence-electron chi connectivity index (χ4n) is 3.14. The predicted molar refractivity (Wildman–Crippen MR) is 103 cm³/mol. The van der Waals surface area contributed by atoms with Gasteiger partial charge in [0.05, 0.1) is 18.2 Å². The number of nitrogens with zero attached hydrogens (tertiary/aromatic N) is 2. The van der Waals surface area contributed by atoms with Crippen LogP contribution < -0.4 is 10.6 Å². The Morgan fingerprint density at radius 3 is 2.82 bits per heavy atom. The van der Waals surface area contributed by atoms with Crippen molar-refractivity contribution in [3.05, 3.63) is 23.8 Å². The van der Waals surface area contributed by atoms with Crippen molar-refractivity contribution in [2.45, 2.75) is 50.3 Å². The van der Waals surface area contributed by atoms with E-state index in [1.54, 1.807) is 6.07 Å². The molecule has 2 aliphatic rings. The topological polar surface area (TPSA) is 112 Å². The fraction of sp³-hybridized carbons (Fsp3) is 0.500. The molecule has 1 aromatic carbocycles. The van der Waals surface area contributed by atoms with Crippen LogP contribution in [0.25, 0.3) is 0 Å². The highest BCUT2D eigenvalue weighted by atomic mass is 16.5. The van der Waals surface area contributed by atoms with Crippen LogP contribution in [-0.2, 0) is 9.53 Å². The van der Waals surface area contributed by atoms with E-state index in [9.17, 15) is 14.7 Å². The maximum atomic E-state index is 12.3. The van der Waals surface area contributed by atoms with Crippen molar-refractivity contribution >= 4 is 17.5 Å². The number of phenols is 1. The molecule has 1 fully saturated rings. The number of hydrogen-bond donors (Lipinski definition) is 3. The summed E-state index contributed by atoms with van der Waals surface area (Å²) in [5.41, 5.74) is 0.124. The van der Waals surface area contributed by atoms with E-state index in [0.29, 0.717) is 38.0 Å². The molecule has 0 saturated carbocycles. The summed E-state index contributed by atoms with van der Waals surface area (Å²) in [4.78, 5) is 24.3. The van der Waals surface area contributed by atoms with Gasteiger partial charge in [-0.25, -0.2) is 0 Å². The summed E-state index contributed by atoms with van der Waals surface area (Å²) >= 11 is 0. The van der Waals surface area contributed by atoms with Gasteiger partial charge in [0.2, 0.25) is 5.91 Å². The molecule has 2 aliphatic heterocycles. The molecule has 1 unspecified atom stereocenters. The van der Waals surface area contributed by atoms with E-state index in [-0.39, 0.29) is 35.8 Å². The molecule has 1 saturated heterocycles. The van der Waals surface area contributed by atoms with E-state index >= 15 is 0 Å². The molecule has 0 aliphatic carbocycles. The smallest absolute Gasteiger partial charge is 0.251 e. The third-order valence-electron chi connectivity index (χ3n) is 4.83. The number of aromatic hydroxyl groups is 1. The summed E-state index contributed by atoms with van der Waals surface area (Å²) in [6.07, 6.45) is 9.12. The van der Waals surface area contributed by atoms with E-state index in [0.717, 1.165) is 12.8 Å². The van der Waals surface area contributed by atoms with Crippen molar-refractivity contribution in [1.29, 1.82) is 0 Å². The molecule has 1 aromatic rings. The zero-order valence-corrected chi connectivity index (χ0v) is 15.6. The first-order chi connectivity index (χ1) is 13.5. The molecule has 0 aromatic heterocycles. The maximum Gasteiger partial charge on any atom is 0.251 e. The van der Waals surface area contributed by atoms with Crippen LogP contribution in [0.4, 0.5) is 5.69 Å². The van der Waals surface area contributed by atoms with E-state index in [1.165, 1.54) is 12.1 Å². The molecule has 2 amide bonds. The number of terminal acetylenes is 1. The Labute approximate surface area is 163 Å². The van der Waals surface area contributed by atoms with E-state index in [2.05, 4.69) is 26.8 Å². The van der Waals surface area contributed by atoms with Gasteiger partial charge in [-0.1, -0.05) is 0 Å². The number of hydrogen-bond acceptors (Lipinski definition) is 6. The van der Waals surface area contributed by atoms with Gasteiger partial charge in [-0.3, -0.25) is 9.59 Å². The summed E-state index contributed by atoms with van der Waals surface area (Å²) in [6, 6.07) is 4.39. The first-order valence-electron chi connectivity index (χ1n) is 9.41. The lowest BCUT2D eigenvalue weighted by Gasteiger charge is -2.12. The third-order valence-corrected chi connectivity index (χ3v) is 4.83. The molecule has 2 heterocycles. The molecule has 8 nitrogen and oxygen atoms in total. The minimum Gasteiger partial charge on any atom is -0.506 e. The first-order valence-corrected chi connectivity index (χ1v) is 9.41. The van der Waals surface area contributed by atoms with E-state index in [4.69, 9.17) is 11.2 Å². The van der Waals surface area contributed by atoms with Gasteiger partial charge in [-0.15, -0.1) is 12.3 Å². The molecule has 28 heavy (non-hydrogen) atoms. The summed E-state index contributed by atoms with van der Waals surface area (Å²) in [7, 11) is 0. The van der Waals surface area contributed by atoms with Crippen molar-refractivity contribution in [3.63, 3.8) is 0 Å². The lowest BCUT2D eigenvalue weighted by Crippen LogP contribution is -2.28. The van der Waals surface area contributed by atoms with Gasteiger partial charge in [0.15, 0.2) is 5.66 Å². The third kappa shape index (κ3) is 5.30. The second-order valence-corrected chi connectivity index (χ2v) is 7.01. The zero-order chi connectivity index (χ0) is 20.0. The Balaban J connectivity index is 1.46. The average Bonchev–Trinajstić information content (AvgIpc) is 3.25. The Hall–Kier alpha value is -2.92. The van der Waals surface area contributed by atoms with Gasteiger partial charge < -0.3 is 20.5 Å². The first kappa shape index (κ1) is 19.8. The average molecular weight is 384 g/mol. The Bertz CT molecular complexity index is 803. The fourth-order valence-corrected chi connectivity index (χ4v) is 3.14. The second kappa shape index (κ2) is 8.85. The number of ether oxygens (including phenoxy) is 1. The number of nitrogens with one attached hydrogen (secondary N) is 2. The molecule has 148 valence electrons. The van der Waals surface area contributed by atoms with Crippen LogP contribution in [0.15, 0.2) is 28.4 Å². The minimum absolute atomic E-state index is 0.0685. The van der Waals surface area contributed by atoms with Crippen molar-refractivity contribution in [3.8, 4) is 18.1 Å². The highest BCUT2D eigenvalue weighted by molar-refractivity contribution is 5.97. The van der Waals surface area contributed by atoms with E-state index in [1.807, 2.05) is 0 Å². The molecule has 0 bridgehead atoms. The standard InChI is InChI=1S/C20H24N4O4/c1-2-3-8-20(23-24-20)9-10-21-19(27)14-6-7-16(17(25)12-14)22-18(26)13-15-5-4-11-28-15/h1,6-7,12,15,25H,3-5,8-11,13H2,(H,21,27)(H,22,26). The van der Waals surface area contributed by atoms with Crippen LogP contribution in [0.1, 0.15) is 48.9 Å². The van der Waals surface area contributed by atoms with Crippen molar-refractivity contribution in [2.24, 2.45) is 10.2 Å². The number of phenolic OH excluding ortho intramolecular Hbond substituents is 1. The SMILES string of the molecule is C#CCCC1(CCNC(=O)c2ccc(NC(=O)CC3CCCO3)c(O)c2)N=N1. The zero-order valence-electron chi connectivity index (χ0n) is 15.6. The number of benzene rings is 1. The number of anilines is 1. The van der Waals surface area contributed by atoms with Crippen molar-refractivity contribution in [2.75, 3.05) is 18.5 Å². The summed E-state index contributed by atoms with van der Waals surface area (Å²) in [5.74, 6) is 1.85. The van der Waals surface area contributed by atoms with Crippen molar-refractivity contribution < 1.29 is 19.4 Å². The minimum atomic E-state index is -0.445. The van der Waals surface area contributed by atoms with Crippen LogP contribution in [0.3, 0.4) is 0 Å². The van der Waals surface area contributed by atoms with Gasteiger partial charge in [-0.05, 0) is 31.0 Å². The van der Waals surface area contributed by atoms with Gasteiger partial charge in [0.25, 0.3) is 5.91 Å². The van der Waals surface area contributed by atoms with Crippen LogP contribution in [-0.4, -0.2) is 41.8 Å². The number of rotatable bonds is 9. The molecule has 0 spiro atoms. The second-order valence-electron chi connectivity index (χ2n) is 7.01. The quantitative estimate of drug-likeness (QED) is 0.449. The Morgan fingerprint density at radius 1 is 1.36 bits per heavy atom. The molecule has 1 atom stereocenters. The van der Waals surface area contributed by atoms with Crippen LogP contribution in [0, 0.1) is 12.3 Å². The number of carbonyl (C=O) groups excluding carboxylic acids is 2. The highest BCUT2D eigenvalue weighted by Crippen LogP contribution is 2.36. The van der Waals surface area contributed by atoms with Crippen LogP contribution >= 0.6 is 0 Å². The van der Waals surface area contributed by atoms with Crippen molar-refractivity contribution in [1.82, 2.24) is 5.32 Å². The monoisotopic (exact) mass is 384 g/mol. The molecule has 3 rings (SSSR count). The van der Waals surface area contributed by atoms with E-state index < -0.39 is 5.66 Å². The van der Waals surface area contributed by atoms with Gasteiger partial charge in [0, 0.05) is 38.0 Å². The van der Waals surface area contributed by atoms with Gasteiger partial charge in [-0.2, -0.15) is 10.2 Å². The summed E-state index contributed by atoms with van der Waals surface area (Å²) in [6.45, 7) is 1.08. The molecular weight excluding hydrogens is 360 g/mol. The summed E-state index contributed by atoms with van der Waals surface area (Å²) < 4.78 is 5.43. The molecule has 3 N–H and O–H groups in total. The lowest BCUT2D eigenvalue weighted by molar-refractivity contribution is -0.118. The predicted octanol–water partition coefficient (Wildman–Crippen LogP) is 2.60. The largest absolute Gasteiger partial charge is 0.506 e. The molecule has 0 radical (unpaired) electrons. The van der Waals surface area contributed by atoms with Gasteiger partial charge >= 0.3 is 0 Å². The number of amides is 2. The Morgan fingerprint density at radius 2 is 2.18 bits per heavy atom. The molecule has 8 heteroatoms. The summed E-state index contributed by atoms with van der Waals surface area (Å²) in [5, 5.41) is 23.6. The van der Waals surface area contributed by atoms with Crippen LogP contribution in [0.2, 0.25) is 0 Å². The normalized spacial score (nSPS) is 19.0. The Kier molecular flexibility index (Phi) is 6.26. The maximum absolute atomic E-state index is 12.3. The lowest BCUT2D eigenvalue weighted by atomic mass is 10.0. The number of carbonyl (C=O) groups is 2. The molecular formula is C20H24N4O4. The highest BCUT2D eigenvalue weighted by Gasteiger charge is 2.38.